The monoisotopic (exact) mass is 240 g/mol. The Morgan fingerprint density at radius 3 is 2.78 bits per heavy atom. The highest BCUT2D eigenvalue weighted by Crippen LogP contribution is 2.26. The topological polar surface area (TPSA) is 64.7 Å². The molecule has 0 saturated carbocycles. The van der Waals surface area contributed by atoms with Gasteiger partial charge in [0, 0.05) is 29.4 Å². The van der Waals surface area contributed by atoms with Crippen molar-refractivity contribution < 1.29 is 4.39 Å². The van der Waals surface area contributed by atoms with Gasteiger partial charge in [0.2, 0.25) is 5.95 Å². The van der Waals surface area contributed by atoms with Gasteiger partial charge in [-0.1, -0.05) is 0 Å². The third-order valence-electron chi connectivity index (χ3n) is 2.61. The highest BCUT2D eigenvalue weighted by molar-refractivity contribution is 5.92. The van der Waals surface area contributed by atoms with E-state index in [9.17, 15) is 4.39 Å². The lowest BCUT2D eigenvalue weighted by molar-refractivity contribution is 0.629. The molecule has 18 heavy (non-hydrogen) atoms. The Hall–Kier alpha value is -2.56. The lowest BCUT2D eigenvalue weighted by Gasteiger charge is -2.06. The summed E-state index contributed by atoms with van der Waals surface area (Å²) in [5.41, 5.74) is 7.61. The molecular formula is C13H9FN4. The molecule has 0 fully saturated rings. The molecule has 3 rings (SSSR count). The maximum Gasteiger partial charge on any atom is 0.221 e. The first kappa shape index (κ1) is 10.6. The molecule has 0 saturated heterocycles. The Morgan fingerprint density at radius 2 is 2.00 bits per heavy atom. The number of hydrogen-bond donors (Lipinski definition) is 1. The molecule has 2 N–H and O–H groups in total. The minimum atomic E-state index is -0.349. The summed E-state index contributed by atoms with van der Waals surface area (Å²) in [6.07, 6.45) is 3.36. The summed E-state index contributed by atoms with van der Waals surface area (Å²) < 4.78 is 13.2. The smallest absolute Gasteiger partial charge is 0.221 e. The second kappa shape index (κ2) is 4.03. The number of pyridine rings is 1. The summed E-state index contributed by atoms with van der Waals surface area (Å²) in [4.78, 5) is 12.3. The van der Waals surface area contributed by atoms with Crippen LogP contribution in [0, 0.1) is 5.82 Å². The van der Waals surface area contributed by atoms with Crippen molar-refractivity contribution in [2.45, 2.75) is 0 Å². The summed E-state index contributed by atoms with van der Waals surface area (Å²) in [6, 6.07) is 8.04. The molecule has 0 bridgehead atoms. The van der Waals surface area contributed by atoms with Crippen LogP contribution in [-0.2, 0) is 0 Å². The van der Waals surface area contributed by atoms with Crippen molar-refractivity contribution in [2.75, 3.05) is 5.73 Å². The summed E-state index contributed by atoms with van der Waals surface area (Å²) in [5.74, 6) is -0.232. The minimum Gasteiger partial charge on any atom is -0.368 e. The standard InChI is InChI=1S/C13H9FN4/c14-9-3-4-10-11(6-9)17-13(15)18-12(10)8-2-1-5-16-7-8/h1-7H,(H2,15,17,18). The van der Waals surface area contributed by atoms with Crippen molar-refractivity contribution in [1.82, 2.24) is 15.0 Å². The number of nitrogens with two attached hydrogens (primary N) is 1. The van der Waals surface area contributed by atoms with Crippen LogP contribution in [-0.4, -0.2) is 15.0 Å². The van der Waals surface area contributed by atoms with Gasteiger partial charge in [0.15, 0.2) is 0 Å². The average molecular weight is 240 g/mol. The van der Waals surface area contributed by atoms with E-state index < -0.39 is 0 Å². The van der Waals surface area contributed by atoms with E-state index in [1.807, 2.05) is 12.1 Å². The fourth-order valence-corrected chi connectivity index (χ4v) is 1.84. The highest BCUT2D eigenvalue weighted by Gasteiger charge is 2.09. The van der Waals surface area contributed by atoms with Crippen LogP contribution >= 0.6 is 0 Å². The average Bonchev–Trinajstić information content (AvgIpc) is 2.38. The van der Waals surface area contributed by atoms with Gasteiger partial charge >= 0.3 is 0 Å². The molecule has 0 spiro atoms. The van der Waals surface area contributed by atoms with Crippen LogP contribution < -0.4 is 5.73 Å². The first-order valence-corrected chi connectivity index (χ1v) is 5.37. The van der Waals surface area contributed by atoms with E-state index in [0.717, 1.165) is 10.9 Å². The predicted octanol–water partition coefficient (Wildman–Crippen LogP) is 2.41. The van der Waals surface area contributed by atoms with Crippen LogP contribution in [0.2, 0.25) is 0 Å². The normalized spacial score (nSPS) is 10.7. The molecule has 0 aliphatic carbocycles. The van der Waals surface area contributed by atoms with Crippen LogP contribution in [0.4, 0.5) is 10.3 Å². The van der Waals surface area contributed by atoms with Crippen LogP contribution in [0.1, 0.15) is 0 Å². The first-order chi connectivity index (χ1) is 8.74. The molecule has 5 heteroatoms. The van der Waals surface area contributed by atoms with Gasteiger partial charge in [0.05, 0.1) is 11.2 Å². The molecule has 2 heterocycles. The van der Waals surface area contributed by atoms with Crippen molar-refractivity contribution >= 4 is 16.9 Å². The molecular weight excluding hydrogens is 231 g/mol. The Morgan fingerprint density at radius 1 is 1.11 bits per heavy atom. The summed E-state index contributed by atoms with van der Waals surface area (Å²) in [7, 11) is 0. The third kappa shape index (κ3) is 1.75. The summed E-state index contributed by atoms with van der Waals surface area (Å²) >= 11 is 0. The molecule has 0 unspecified atom stereocenters. The maximum atomic E-state index is 13.2. The molecule has 0 atom stereocenters. The zero-order chi connectivity index (χ0) is 12.5. The molecule has 2 aromatic heterocycles. The van der Waals surface area contributed by atoms with Gasteiger partial charge in [-0.3, -0.25) is 4.98 Å². The van der Waals surface area contributed by atoms with E-state index >= 15 is 0 Å². The number of nitrogens with zero attached hydrogens (tertiary/aromatic N) is 3. The first-order valence-electron chi connectivity index (χ1n) is 5.37. The zero-order valence-corrected chi connectivity index (χ0v) is 9.34. The fraction of sp³-hybridized carbons (Fsp3) is 0. The van der Waals surface area contributed by atoms with Crippen molar-refractivity contribution in [1.29, 1.82) is 0 Å². The van der Waals surface area contributed by atoms with Crippen LogP contribution in [0.15, 0.2) is 42.7 Å². The predicted molar refractivity (Wildman–Crippen MR) is 67.1 cm³/mol. The number of halogens is 1. The number of anilines is 1. The molecule has 4 nitrogen and oxygen atoms in total. The summed E-state index contributed by atoms with van der Waals surface area (Å²) in [5, 5.41) is 0.749. The van der Waals surface area contributed by atoms with Crippen molar-refractivity contribution in [2.24, 2.45) is 0 Å². The van der Waals surface area contributed by atoms with E-state index in [-0.39, 0.29) is 11.8 Å². The lowest BCUT2D eigenvalue weighted by atomic mass is 10.1. The fourth-order valence-electron chi connectivity index (χ4n) is 1.84. The molecule has 3 aromatic rings. The van der Waals surface area contributed by atoms with E-state index in [2.05, 4.69) is 15.0 Å². The van der Waals surface area contributed by atoms with Gasteiger partial charge in [-0.15, -0.1) is 0 Å². The van der Waals surface area contributed by atoms with Crippen molar-refractivity contribution in [3.05, 3.63) is 48.5 Å². The molecule has 0 aliphatic heterocycles. The molecule has 0 amide bonds. The number of nitrogen functional groups attached to an aromatic ring is 1. The lowest BCUT2D eigenvalue weighted by Crippen LogP contribution is -1.98. The molecule has 1 aromatic carbocycles. The SMILES string of the molecule is Nc1nc(-c2cccnc2)c2ccc(F)cc2n1. The van der Waals surface area contributed by atoms with Crippen molar-refractivity contribution in [3.8, 4) is 11.3 Å². The summed E-state index contributed by atoms with van der Waals surface area (Å²) in [6.45, 7) is 0. The Labute approximate surface area is 102 Å². The highest BCUT2D eigenvalue weighted by atomic mass is 19.1. The van der Waals surface area contributed by atoms with E-state index in [0.29, 0.717) is 11.2 Å². The van der Waals surface area contributed by atoms with Gasteiger partial charge in [-0.05, 0) is 24.3 Å². The number of fused-ring (bicyclic) bond motifs is 1. The molecule has 0 radical (unpaired) electrons. The molecule has 0 aliphatic rings. The maximum absolute atomic E-state index is 13.2. The number of benzene rings is 1. The molecule has 88 valence electrons. The number of rotatable bonds is 1. The van der Waals surface area contributed by atoms with Crippen LogP contribution in [0.25, 0.3) is 22.2 Å². The Kier molecular flexibility index (Phi) is 2.37. The van der Waals surface area contributed by atoms with Crippen molar-refractivity contribution in [3.63, 3.8) is 0 Å². The quantitative estimate of drug-likeness (QED) is 0.709. The van der Waals surface area contributed by atoms with Gasteiger partial charge in [0.25, 0.3) is 0 Å². The van der Waals surface area contributed by atoms with Gasteiger partial charge in [0.1, 0.15) is 5.82 Å². The number of hydrogen-bond acceptors (Lipinski definition) is 4. The third-order valence-corrected chi connectivity index (χ3v) is 2.61. The van der Waals surface area contributed by atoms with E-state index in [4.69, 9.17) is 5.73 Å². The Bertz CT molecular complexity index is 708. The van der Waals surface area contributed by atoms with Gasteiger partial charge in [-0.25, -0.2) is 14.4 Å². The minimum absolute atomic E-state index is 0.118. The second-order valence-corrected chi connectivity index (χ2v) is 3.83. The van der Waals surface area contributed by atoms with Gasteiger partial charge < -0.3 is 5.73 Å². The van der Waals surface area contributed by atoms with E-state index in [1.165, 1.54) is 12.1 Å². The van der Waals surface area contributed by atoms with Crippen LogP contribution in [0.3, 0.4) is 0 Å². The zero-order valence-electron chi connectivity index (χ0n) is 9.34. The largest absolute Gasteiger partial charge is 0.368 e. The number of aromatic nitrogens is 3. The van der Waals surface area contributed by atoms with Gasteiger partial charge in [-0.2, -0.15) is 0 Å². The van der Waals surface area contributed by atoms with Crippen LogP contribution in [0.5, 0.6) is 0 Å². The Balaban J connectivity index is 2.35. The second-order valence-electron chi connectivity index (χ2n) is 3.83. The van der Waals surface area contributed by atoms with E-state index in [1.54, 1.807) is 18.5 Å².